The number of benzene rings is 1. The van der Waals surface area contributed by atoms with Gasteiger partial charge in [-0.15, -0.1) is 0 Å². The average molecular weight is 360 g/mol. The van der Waals surface area contributed by atoms with Gasteiger partial charge in [-0.05, 0) is 62.5 Å². The minimum absolute atomic E-state index is 0.227. The molecule has 1 saturated heterocycles. The number of aromatic nitrogens is 1. The van der Waals surface area contributed by atoms with Gasteiger partial charge in [-0.3, -0.25) is 5.43 Å². The van der Waals surface area contributed by atoms with Crippen LogP contribution < -0.4 is 10.7 Å². The molecule has 0 amide bonds. The van der Waals surface area contributed by atoms with E-state index in [1.165, 1.54) is 6.07 Å². The second-order valence-electron chi connectivity index (χ2n) is 6.54. The highest BCUT2D eigenvalue weighted by atomic mass is 32.1. The number of fused-ring (bicyclic) bond motifs is 3. The number of rotatable bonds is 3. The van der Waals surface area contributed by atoms with Crippen LogP contribution in [-0.2, 0) is 11.2 Å². The van der Waals surface area contributed by atoms with E-state index in [2.05, 4.69) is 20.8 Å². The molecule has 1 atom stereocenters. The van der Waals surface area contributed by atoms with E-state index in [1.54, 1.807) is 12.1 Å². The van der Waals surface area contributed by atoms with Crippen molar-refractivity contribution in [2.24, 2.45) is 5.10 Å². The summed E-state index contributed by atoms with van der Waals surface area (Å²) >= 11 is 5.30. The van der Waals surface area contributed by atoms with Crippen LogP contribution in [0, 0.1) is 5.82 Å². The zero-order valence-corrected chi connectivity index (χ0v) is 14.7. The second-order valence-corrected chi connectivity index (χ2v) is 6.95. The monoisotopic (exact) mass is 360 g/mol. The number of hydrogen-bond acceptors (Lipinski definition) is 3. The van der Waals surface area contributed by atoms with E-state index in [0.717, 1.165) is 66.6 Å². The van der Waals surface area contributed by atoms with Crippen molar-refractivity contribution in [3.8, 4) is 0 Å². The summed E-state index contributed by atoms with van der Waals surface area (Å²) in [6, 6.07) is 4.82. The first-order valence-corrected chi connectivity index (χ1v) is 9.14. The van der Waals surface area contributed by atoms with E-state index < -0.39 is 0 Å². The summed E-state index contributed by atoms with van der Waals surface area (Å²) in [4.78, 5) is 3.38. The number of nitrogens with one attached hydrogen (secondary N) is 3. The Kier molecular flexibility index (Phi) is 4.67. The molecule has 1 fully saturated rings. The first-order valence-electron chi connectivity index (χ1n) is 8.73. The third-order valence-corrected chi connectivity index (χ3v) is 5.01. The molecule has 5 nitrogen and oxygen atoms in total. The Morgan fingerprint density at radius 1 is 1.36 bits per heavy atom. The maximum atomic E-state index is 13.7. The van der Waals surface area contributed by atoms with Crippen LogP contribution in [0.5, 0.6) is 0 Å². The average Bonchev–Trinajstić information content (AvgIpc) is 3.25. The topological polar surface area (TPSA) is 61.4 Å². The predicted molar refractivity (Wildman–Crippen MR) is 100 cm³/mol. The van der Waals surface area contributed by atoms with Crippen LogP contribution in [0.2, 0.25) is 0 Å². The van der Waals surface area contributed by atoms with Gasteiger partial charge in [-0.1, -0.05) is 0 Å². The normalized spacial score (nSPS) is 21.5. The van der Waals surface area contributed by atoms with Crippen LogP contribution in [0.3, 0.4) is 0 Å². The lowest BCUT2D eigenvalue weighted by Crippen LogP contribution is -2.37. The Bertz CT molecular complexity index is 826. The van der Waals surface area contributed by atoms with Crippen molar-refractivity contribution in [2.45, 2.75) is 38.2 Å². The molecule has 1 aliphatic carbocycles. The van der Waals surface area contributed by atoms with Gasteiger partial charge in [0.05, 0.1) is 11.8 Å². The molecule has 0 radical (unpaired) electrons. The SMILES string of the molecule is Fc1ccc2[nH]c3c(c2c1)C(=NNC(=S)NCC1CCCO1)CCC3. The first kappa shape index (κ1) is 16.5. The Labute approximate surface area is 151 Å². The van der Waals surface area contributed by atoms with E-state index in [4.69, 9.17) is 17.0 Å². The summed E-state index contributed by atoms with van der Waals surface area (Å²) < 4.78 is 19.2. The molecule has 1 unspecified atom stereocenters. The number of nitrogens with zero attached hydrogens (tertiary/aromatic N) is 1. The lowest BCUT2D eigenvalue weighted by atomic mass is 9.93. The van der Waals surface area contributed by atoms with Crippen molar-refractivity contribution < 1.29 is 9.13 Å². The third-order valence-electron chi connectivity index (χ3n) is 4.77. The number of H-pyrrole nitrogens is 1. The number of hydrazone groups is 1. The largest absolute Gasteiger partial charge is 0.376 e. The van der Waals surface area contributed by atoms with Gasteiger partial charge >= 0.3 is 0 Å². The Balaban J connectivity index is 1.49. The fraction of sp³-hybridized carbons (Fsp3) is 0.444. The Morgan fingerprint density at radius 3 is 3.12 bits per heavy atom. The zero-order valence-electron chi connectivity index (χ0n) is 13.9. The van der Waals surface area contributed by atoms with Gasteiger partial charge < -0.3 is 15.0 Å². The van der Waals surface area contributed by atoms with E-state index in [1.807, 2.05) is 0 Å². The van der Waals surface area contributed by atoms with Gasteiger partial charge in [0.25, 0.3) is 0 Å². The molecule has 2 heterocycles. The summed E-state index contributed by atoms with van der Waals surface area (Å²) in [5.74, 6) is -0.235. The summed E-state index contributed by atoms with van der Waals surface area (Å²) in [7, 11) is 0. The molecule has 0 spiro atoms. The highest BCUT2D eigenvalue weighted by Gasteiger charge is 2.21. The van der Waals surface area contributed by atoms with Crippen molar-refractivity contribution in [1.29, 1.82) is 0 Å². The number of thiocarbonyl (C=S) groups is 1. The van der Waals surface area contributed by atoms with Crippen molar-refractivity contribution in [3.63, 3.8) is 0 Å². The minimum atomic E-state index is -0.235. The molecule has 1 aliphatic heterocycles. The molecule has 7 heteroatoms. The molecule has 4 rings (SSSR count). The van der Waals surface area contributed by atoms with Crippen molar-refractivity contribution >= 4 is 33.9 Å². The molecule has 3 N–H and O–H groups in total. The molecule has 0 saturated carbocycles. The first-order chi connectivity index (χ1) is 12.2. The molecule has 132 valence electrons. The summed E-state index contributed by atoms with van der Waals surface area (Å²) in [6.07, 6.45) is 5.21. The maximum Gasteiger partial charge on any atom is 0.187 e. The van der Waals surface area contributed by atoms with Crippen molar-refractivity contribution in [1.82, 2.24) is 15.7 Å². The van der Waals surface area contributed by atoms with E-state index in [-0.39, 0.29) is 11.9 Å². The van der Waals surface area contributed by atoms with E-state index in [9.17, 15) is 4.39 Å². The molecule has 0 bridgehead atoms. The number of halogens is 1. The number of hydrogen-bond donors (Lipinski definition) is 3. The van der Waals surface area contributed by atoms with Crippen LogP contribution in [0.1, 0.15) is 36.9 Å². The number of aryl methyl sites for hydroxylation is 1. The zero-order chi connectivity index (χ0) is 17.2. The molecule has 2 aromatic rings. The molecule has 1 aromatic carbocycles. The smallest absolute Gasteiger partial charge is 0.187 e. The second kappa shape index (κ2) is 7.09. The Hall–Kier alpha value is -1.99. The standard InChI is InChI=1S/C18H21FN4OS/c19-11-6-7-14-13(9-11)17-15(21-14)4-1-5-16(17)22-23-18(25)20-10-12-3-2-8-24-12/h6-7,9,12,21H,1-5,8,10H2,(H2,20,23,25). The number of aromatic amines is 1. The highest BCUT2D eigenvalue weighted by molar-refractivity contribution is 7.80. The van der Waals surface area contributed by atoms with Crippen LogP contribution in [0.25, 0.3) is 10.9 Å². The lowest BCUT2D eigenvalue weighted by Gasteiger charge is -2.16. The van der Waals surface area contributed by atoms with Gasteiger partial charge in [0.1, 0.15) is 5.82 Å². The van der Waals surface area contributed by atoms with Gasteiger partial charge in [-0.2, -0.15) is 5.10 Å². The maximum absolute atomic E-state index is 13.7. The van der Waals surface area contributed by atoms with Crippen LogP contribution >= 0.6 is 12.2 Å². The van der Waals surface area contributed by atoms with Crippen molar-refractivity contribution in [2.75, 3.05) is 13.2 Å². The summed E-state index contributed by atoms with van der Waals surface area (Å²) in [6.45, 7) is 1.52. The highest BCUT2D eigenvalue weighted by Crippen LogP contribution is 2.29. The van der Waals surface area contributed by atoms with Gasteiger partial charge in [-0.25, -0.2) is 4.39 Å². The van der Waals surface area contributed by atoms with Crippen LogP contribution in [-0.4, -0.2) is 35.1 Å². The lowest BCUT2D eigenvalue weighted by molar-refractivity contribution is 0.114. The fourth-order valence-corrected chi connectivity index (χ4v) is 3.71. The van der Waals surface area contributed by atoms with Gasteiger partial charge in [0.2, 0.25) is 0 Å². The molecular weight excluding hydrogens is 339 g/mol. The van der Waals surface area contributed by atoms with E-state index >= 15 is 0 Å². The summed E-state index contributed by atoms with van der Waals surface area (Å²) in [5, 5.41) is 9.02. The molecule has 2 aliphatic rings. The fourth-order valence-electron chi connectivity index (χ4n) is 3.58. The van der Waals surface area contributed by atoms with E-state index in [0.29, 0.717) is 11.7 Å². The molecular formula is C18H21FN4OS. The number of ether oxygens (including phenoxy) is 1. The Morgan fingerprint density at radius 2 is 2.28 bits per heavy atom. The summed E-state index contributed by atoms with van der Waals surface area (Å²) in [5.41, 5.74) is 6.92. The van der Waals surface area contributed by atoms with Gasteiger partial charge in [0.15, 0.2) is 5.11 Å². The third kappa shape index (κ3) is 3.52. The quantitative estimate of drug-likeness (QED) is 0.582. The van der Waals surface area contributed by atoms with Crippen LogP contribution in [0.4, 0.5) is 4.39 Å². The molecule has 25 heavy (non-hydrogen) atoms. The van der Waals surface area contributed by atoms with Crippen molar-refractivity contribution in [3.05, 3.63) is 35.3 Å². The van der Waals surface area contributed by atoms with Gasteiger partial charge in [0, 0.05) is 35.3 Å². The van der Waals surface area contributed by atoms with Crippen LogP contribution in [0.15, 0.2) is 23.3 Å². The minimum Gasteiger partial charge on any atom is -0.376 e. The molecule has 1 aromatic heterocycles. The predicted octanol–water partition coefficient (Wildman–Crippen LogP) is 2.99.